The first kappa shape index (κ1) is 16.5. The van der Waals surface area contributed by atoms with Gasteiger partial charge in [-0.3, -0.25) is 4.99 Å². The van der Waals surface area contributed by atoms with Crippen molar-refractivity contribution < 1.29 is 9.47 Å². The van der Waals surface area contributed by atoms with Crippen LogP contribution in [-0.4, -0.2) is 20.9 Å². The molecular formula is C17H20N4O2. The van der Waals surface area contributed by atoms with Gasteiger partial charge in [0.25, 0.3) is 0 Å². The third-order valence-electron chi connectivity index (χ3n) is 3.50. The molecule has 23 heavy (non-hydrogen) atoms. The number of aryl methyl sites for hydroxylation is 2. The molecule has 0 fully saturated rings. The van der Waals surface area contributed by atoms with E-state index in [1.165, 1.54) is 0 Å². The highest BCUT2D eigenvalue weighted by molar-refractivity contribution is 5.66. The fourth-order valence-electron chi connectivity index (χ4n) is 2.09. The van der Waals surface area contributed by atoms with Gasteiger partial charge in [0.05, 0.1) is 19.9 Å². The lowest BCUT2D eigenvalue weighted by Gasteiger charge is -2.09. The second-order valence-electron chi connectivity index (χ2n) is 5.05. The van der Waals surface area contributed by atoms with E-state index in [4.69, 9.17) is 15.2 Å². The first-order chi connectivity index (χ1) is 11.0. The molecule has 6 heteroatoms. The van der Waals surface area contributed by atoms with Gasteiger partial charge in [-0.2, -0.15) is 5.11 Å². The summed E-state index contributed by atoms with van der Waals surface area (Å²) in [4.78, 5) is 3.93. The topological polar surface area (TPSA) is 81.6 Å². The summed E-state index contributed by atoms with van der Waals surface area (Å²) < 4.78 is 10.6. The Morgan fingerprint density at radius 2 is 1.39 bits per heavy atom. The molecule has 0 saturated carbocycles. The maximum atomic E-state index is 5.88. The van der Waals surface area contributed by atoms with E-state index in [1.54, 1.807) is 26.4 Å². The molecule has 0 aliphatic rings. The molecule has 2 aromatic rings. The van der Waals surface area contributed by atoms with E-state index in [0.29, 0.717) is 34.2 Å². The maximum absolute atomic E-state index is 5.88. The summed E-state index contributed by atoms with van der Waals surface area (Å²) in [5.41, 5.74) is 10.3. The highest BCUT2D eigenvalue weighted by atomic mass is 16.5. The molecule has 0 atom stereocenters. The van der Waals surface area contributed by atoms with E-state index < -0.39 is 0 Å². The average Bonchev–Trinajstić information content (AvgIpc) is 2.55. The standard InChI is InChI=1S/C17H20N4O2/c1-10-6-15(16(22-4)8-12(10)18)21-20-13-9-17(23-5)14(19-3)7-11(13)2/h6-9H,3,18H2,1-2,4-5H3. The number of rotatable bonds is 5. The van der Waals surface area contributed by atoms with Crippen LogP contribution in [0.1, 0.15) is 11.1 Å². The summed E-state index contributed by atoms with van der Waals surface area (Å²) in [6, 6.07) is 7.21. The Labute approximate surface area is 135 Å². The summed E-state index contributed by atoms with van der Waals surface area (Å²) in [7, 11) is 3.15. The van der Waals surface area contributed by atoms with Crippen LogP contribution in [0.5, 0.6) is 11.5 Å². The molecule has 0 radical (unpaired) electrons. The Morgan fingerprint density at radius 1 is 0.826 bits per heavy atom. The van der Waals surface area contributed by atoms with Crippen LogP contribution < -0.4 is 15.2 Å². The Morgan fingerprint density at radius 3 is 2.00 bits per heavy atom. The van der Waals surface area contributed by atoms with Crippen LogP contribution in [0, 0.1) is 13.8 Å². The molecular weight excluding hydrogens is 292 g/mol. The molecule has 0 heterocycles. The predicted octanol–water partition coefficient (Wildman–Crippen LogP) is 4.65. The second-order valence-corrected chi connectivity index (χ2v) is 5.05. The van der Waals surface area contributed by atoms with Gasteiger partial charge in [-0.25, -0.2) is 0 Å². The van der Waals surface area contributed by atoms with E-state index in [0.717, 1.165) is 11.1 Å². The zero-order chi connectivity index (χ0) is 17.0. The van der Waals surface area contributed by atoms with Crippen molar-refractivity contribution in [3.05, 3.63) is 35.4 Å². The number of ether oxygens (including phenoxy) is 2. The van der Waals surface area contributed by atoms with Gasteiger partial charge in [-0.05, 0) is 43.8 Å². The normalized spacial score (nSPS) is 10.8. The van der Waals surface area contributed by atoms with E-state index in [1.807, 2.05) is 26.0 Å². The van der Waals surface area contributed by atoms with Gasteiger partial charge >= 0.3 is 0 Å². The van der Waals surface area contributed by atoms with Crippen molar-refractivity contribution in [3.63, 3.8) is 0 Å². The molecule has 0 spiro atoms. The molecule has 6 nitrogen and oxygen atoms in total. The molecule has 0 saturated heterocycles. The maximum Gasteiger partial charge on any atom is 0.148 e. The SMILES string of the molecule is C=Nc1cc(C)c(N=Nc2cc(C)c(N)cc2OC)cc1OC. The van der Waals surface area contributed by atoms with E-state index in [2.05, 4.69) is 21.9 Å². The Balaban J connectivity index is 2.45. The molecule has 2 aromatic carbocycles. The summed E-state index contributed by atoms with van der Waals surface area (Å²) in [5.74, 6) is 1.17. The molecule has 0 aliphatic carbocycles. The third kappa shape index (κ3) is 3.48. The van der Waals surface area contributed by atoms with Crippen molar-refractivity contribution in [2.45, 2.75) is 13.8 Å². The monoisotopic (exact) mass is 312 g/mol. The fraction of sp³-hybridized carbons (Fsp3) is 0.235. The summed E-state index contributed by atoms with van der Waals surface area (Å²) in [5, 5.41) is 8.59. The van der Waals surface area contributed by atoms with Crippen LogP contribution in [0.15, 0.2) is 39.5 Å². The molecule has 0 aliphatic heterocycles. The number of nitrogen functional groups attached to an aromatic ring is 1. The van der Waals surface area contributed by atoms with Gasteiger partial charge in [0, 0.05) is 17.8 Å². The minimum atomic E-state index is 0.575. The molecule has 0 unspecified atom stereocenters. The number of benzene rings is 2. The van der Waals surface area contributed by atoms with Crippen molar-refractivity contribution >= 4 is 29.5 Å². The van der Waals surface area contributed by atoms with Gasteiger partial charge in [0.2, 0.25) is 0 Å². The first-order valence-corrected chi connectivity index (χ1v) is 7.01. The Kier molecular flexibility index (Phi) is 4.95. The van der Waals surface area contributed by atoms with E-state index in [-0.39, 0.29) is 0 Å². The molecule has 2 N–H and O–H groups in total. The highest BCUT2D eigenvalue weighted by Gasteiger charge is 2.08. The van der Waals surface area contributed by atoms with Gasteiger partial charge in [0.1, 0.15) is 22.9 Å². The van der Waals surface area contributed by atoms with Crippen molar-refractivity contribution in [1.29, 1.82) is 0 Å². The number of azo groups is 1. The number of hydrogen-bond acceptors (Lipinski definition) is 6. The van der Waals surface area contributed by atoms with E-state index >= 15 is 0 Å². The second kappa shape index (κ2) is 6.91. The quantitative estimate of drug-likeness (QED) is 0.495. The number of anilines is 1. The first-order valence-electron chi connectivity index (χ1n) is 7.01. The average molecular weight is 312 g/mol. The number of aliphatic imine (C=N–C) groups is 1. The zero-order valence-corrected chi connectivity index (χ0v) is 13.8. The lowest BCUT2D eigenvalue weighted by atomic mass is 10.1. The van der Waals surface area contributed by atoms with Gasteiger partial charge in [-0.1, -0.05) is 0 Å². The molecule has 2 rings (SSSR count). The lowest BCUT2D eigenvalue weighted by Crippen LogP contribution is -1.92. The van der Waals surface area contributed by atoms with Crippen molar-refractivity contribution in [2.24, 2.45) is 15.2 Å². The van der Waals surface area contributed by atoms with Crippen LogP contribution in [0.4, 0.5) is 22.7 Å². The summed E-state index contributed by atoms with van der Waals surface area (Å²) in [6.07, 6.45) is 0. The predicted molar refractivity (Wildman–Crippen MR) is 93.3 cm³/mol. The van der Waals surface area contributed by atoms with Crippen molar-refractivity contribution in [1.82, 2.24) is 0 Å². The molecule has 0 amide bonds. The smallest absolute Gasteiger partial charge is 0.148 e. The van der Waals surface area contributed by atoms with Crippen LogP contribution in [0.25, 0.3) is 0 Å². The number of nitrogens with two attached hydrogens (primary N) is 1. The van der Waals surface area contributed by atoms with E-state index in [9.17, 15) is 0 Å². The van der Waals surface area contributed by atoms with Crippen LogP contribution in [-0.2, 0) is 0 Å². The lowest BCUT2D eigenvalue weighted by molar-refractivity contribution is 0.415. The Bertz CT molecular complexity index is 770. The number of methoxy groups -OCH3 is 2. The van der Waals surface area contributed by atoms with Crippen LogP contribution >= 0.6 is 0 Å². The highest BCUT2D eigenvalue weighted by Crippen LogP contribution is 2.37. The van der Waals surface area contributed by atoms with Crippen LogP contribution in [0.3, 0.4) is 0 Å². The van der Waals surface area contributed by atoms with Gasteiger partial charge in [-0.15, -0.1) is 5.11 Å². The van der Waals surface area contributed by atoms with Crippen molar-refractivity contribution in [3.8, 4) is 11.5 Å². The van der Waals surface area contributed by atoms with Gasteiger partial charge < -0.3 is 15.2 Å². The molecule has 0 bridgehead atoms. The van der Waals surface area contributed by atoms with Crippen LogP contribution in [0.2, 0.25) is 0 Å². The largest absolute Gasteiger partial charge is 0.494 e. The zero-order valence-electron chi connectivity index (χ0n) is 13.8. The Hall–Kier alpha value is -2.89. The minimum absolute atomic E-state index is 0.575. The number of nitrogens with zero attached hydrogens (tertiary/aromatic N) is 3. The van der Waals surface area contributed by atoms with Crippen molar-refractivity contribution in [2.75, 3.05) is 20.0 Å². The summed E-state index contributed by atoms with van der Waals surface area (Å²) >= 11 is 0. The molecule has 120 valence electrons. The minimum Gasteiger partial charge on any atom is -0.494 e. The number of hydrogen-bond donors (Lipinski definition) is 1. The van der Waals surface area contributed by atoms with Gasteiger partial charge in [0.15, 0.2) is 0 Å². The fourth-order valence-corrected chi connectivity index (χ4v) is 2.09. The third-order valence-corrected chi connectivity index (χ3v) is 3.50. The molecule has 0 aromatic heterocycles. The summed E-state index contributed by atoms with van der Waals surface area (Å²) in [6.45, 7) is 7.37.